The summed E-state index contributed by atoms with van der Waals surface area (Å²) in [4.78, 5) is 4.47. The molecule has 0 spiro atoms. The van der Waals surface area contributed by atoms with Crippen LogP contribution in [0.4, 0.5) is 0 Å². The molecule has 19 heavy (non-hydrogen) atoms. The summed E-state index contributed by atoms with van der Waals surface area (Å²) in [6.45, 7) is 9.03. The molecule has 1 aromatic carbocycles. The van der Waals surface area contributed by atoms with Crippen molar-refractivity contribution < 1.29 is 0 Å². The van der Waals surface area contributed by atoms with Gasteiger partial charge in [0, 0.05) is 19.6 Å². The summed E-state index contributed by atoms with van der Waals surface area (Å²) in [7, 11) is 0. The third-order valence-electron chi connectivity index (χ3n) is 2.66. The molecule has 3 nitrogen and oxygen atoms in total. The third-order valence-corrected chi connectivity index (χ3v) is 2.66. The van der Waals surface area contributed by atoms with E-state index in [0.717, 1.165) is 38.4 Å². The second kappa shape index (κ2) is 11.1. The molecule has 0 saturated heterocycles. The first-order valence-electron chi connectivity index (χ1n) is 6.84. The van der Waals surface area contributed by atoms with Gasteiger partial charge in [0.1, 0.15) is 0 Å². The van der Waals surface area contributed by atoms with E-state index in [2.05, 4.69) is 60.7 Å². The summed E-state index contributed by atoms with van der Waals surface area (Å²) in [5, 5.41) is 6.61. The quantitative estimate of drug-likeness (QED) is 0.455. The molecule has 0 saturated carbocycles. The van der Waals surface area contributed by atoms with Gasteiger partial charge in [0.25, 0.3) is 0 Å². The summed E-state index contributed by atoms with van der Waals surface area (Å²) in [5.74, 6) is 0.923. The fourth-order valence-electron chi connectivity index (χ4n) is 1.65. The molecule has 0 aliphatic rings. The monoisotopic (exact) mass is 375 g/mol. The average Bonchev–Trinajstić information content (AvgIpc) is 2.38. The van der Waals surface area contributed by atoms with Crippen molar-refractivity contribution in [2.45, 2.75) is 33.6 Å². The second-order valence-corrected chi connectivity index (χ2v) is 4.42. The molecular formula is C15H26IN3. The molecule has 0 unspecified atom stereocenters. The first-order chi connectivity index (χ1) is 8.76. The molecule has 0 aliphatic heterocycles. The number of aliphatic imine (C=N–C) groups is 1. The van der Waals surface area contributed by atoms with E-state index in [1.165, 1.54) is 11.1 Å². The normalized spacial score (nSPS) is 10.8. The van der Waals surface area contributed by atoms with Crippen molar-refractivity contribution in [2.24, 2.45) is 4.99 Å². The van der Waals surface area contributed by atoms with E-state index in [4.69, 9.17) is 0 Å². The van der Waals surface area contributed by atoms with Crippen LogP contribution >= 0.6 is 24.0 Å². The van der Waals surface area contributed by atoms with E-state index in [9.17, 15) is 0 Å². The molecule has 0 amide bonds. The fraction of sp³-hybridized carbons (Fsp3) is 0.533. The standard InChI is InChI=1S/C15H25N3.HI/c1-4-11-17-15(16-5-2)18-12-10-14-8-6-13(3)7-9-14;/h6-9H,4-5,10-12H2,1-3H3,(H2,16,17,18);1H. The van der Waals surface area contributed by atoms with Gasteiger partial charge in [0.15, 0.2) is 5.96 Å². The van der Waals surface area contributed by atoms with Crippen molar-refractivity contribution in [1.29, 1.82) is 0 Å². The highest BCUT2D eigenvalue weighted by Crippen LogP contribution is 2.02. The van der Waals surface area contributed by atoms with Crippen LogP contribution in [0.1, 0.15) is 31.4 Å². The van der Waals surface area contributed by atoms with Crippen molar-refractivity contribution >= 4 is 29.9 Å². The Labute approximate surface area is 134 Å². The molecule has 0 aliphatic carbocycles. The predicted octanol–water partition coefficient (Wildman–Crippen LogP) is 3.12. The SMILES string of the molecule is CCCN=C(NCC)NCCc1ccc(C)cc1.I. The number of hydrogen-bond donors (Lipinski definition) is 2. The van der Waals surface area contributed by atoms with Gasteiger partial charge in [-0.15, -0.1) is 24.0 Å². The number of nitrogens with zero attached hydrogens (tertiary/aromatic N) is 1. The minimum Gasteiger partial charge on any atom is -0.357 e. The second-order valence-electron chi connectivity index (χ2n) is 4.42. The lowest BCUT2D eigenvalue weighted by atomic mass is 10.1. The third kappa shape index (κ3) is 8.08. The van der Waals surface area contributed by atoms with Gasteiger partial charge < -0.3 is 10.6 Å². The van der Waals surface area contributed by atoms with Gasteiger partial charge >= 0.3 is 0 Å². The number of halogens is 1. The van der Waals surface area contributed by atoms with E-state index in [-0.39, 0.29) is 24.0 Å². The summed E-state index contributed by atoms with van der Waals surface area (Å²) in [6, 6.07) is 8.69. The lowest BCUT2D eigenvalue weighted by Crippen LogP contribution is -2.38. The average molecular weight is 375 g/mol. The molecule has 1 rings (SSSR count). The van der Waals surface area contributed by atoms with Gasteiger partial charge in [-0.05, 0) is 32.3 Å². The Balaban J connectivity index is 0.00000324. The summed E-state index contributed by atoms with van der Waals surface area (Å²) in [5.41, 5.74) is 2.67. The summed E-state index contributed by atoms with van der Waals surface area (Å²) in [6.07, 6.45) is 2.10. The zero-order valence-corrected chi connectivity index (χ0v) is 14.5. The van der Waals surface area contributed by atoms with Crippen LogP contribution in [0.5, 0.6) is 0 Å². The van der Waals surface area contributed by atoms with Crippen LogP contribution in [0.2, 0.25) is 0 Å². The van der Waals surface area contributed by atoms with Gasteiger partial charge in [-0.3, -0.25) is 4.99 Å². The Hall–Kier alpha value is -0.780. The number of benzene rings is 1. The van der Waals surface area contributed by atoms with Gasteiger partial charge in [-0.2, -0.15) is 0 Å². The predicted molar refractivity (Wildman–Crippen MR) is 94.6 cm³/mol. The summed E-state index contributed by atoms with van der Waals surface area (Å²) < 4.78 is 0. The zero-order valence-electron chi connectivity index (χ0n) is 12.2. The van der Waals surface area contributed by atoms with Crippen LogP contribution in [0.3, 0.4) is 0 Å². The molecule has 2 N–H and O–H groups in total. The van der Waals surface area contributed by atoms with E-state index in [1.807, 2.05) is 0 Å². The fourth-order valence-corrected chi connectivity index (χ4v) is 1.65. The Morgan fingerprint density at radius 2 is 1.79 bits per heavy atom. The Bertz CT molecular complexity index is 360. The van der Waals surface area contributed by atoms with Gasteiger partial charge in [0.05, 0.1) is 0 Å². The molecule has 1 aromatic rings. The first kappa shape index (κ1) is 18.2. The van der Waals surface area contributed by atoms with Crippen molar-refractivity contribution in [3.8, 4) is 0 Å². The lowest BCUT2D eigenvalue weighted by Gasteiger charge is -2.11. The maximum absolute atomic E-state index is 4.47. The van der Waals surface area contributed by atoms with E-state index in [1.54, 1.807) is 0 Å². The molecule has 0 aromatic heterocycles. The highest BCUT2D eigenvalue weighted by molar-refractivity contribution is 14.0. The molecule has 0 radical (unpaired) electrons. The number of hydrogen-bond acceptors (Lipinski definition) is 1. The molecule has 4 heteroatoms. The maximum Gasteiger partial charge on any atom is 0.191 e. The van der Waals surface area contributed by atoms with E-state index >= 15 is 0 Å². The zero-order chi connectivity index (χ0) is 13.2. The van der Waals surface area contributed by atoms with Crippen molar-refractivity contribution in [1.82, 2.24) is 10.6 Å². The van der Waals surface area contributed by atoms with Crippen molar-refractivity contribution in [3.63, 3.8) is 0 Å². The first-order valence-corrected chi connectivity index (χ1v) is 6.84. The lowest BCUT2D eigenvalue weighted by molar-refractivity contribution is 0.793. The minimum absolute atomic E-state index is 0. The maximum atomic E-state index is 4.47. The highest BCUT2D eigenvalue weighted by atomic mass is 127. The summed E-state index contributed by atoms with van der Waals surface area (Å²) >= 11 is 0. The highest BCUT2D eigenvalue weighted by Gasteiger charge is 1.97. The van der Waals surface area contributed by atoms with Gasteiger partial charge in [-0.25, -0.2) is 0 Å². The smallest absolute Gasteiger partial charge is 0.191 e. The van der Waals surface area contributed by atoms with Gasteiger partial charge in [-0.1, -0.05) is 36.8 Å². The molecule has 0 atom stereocenters. The van der Waals surface area contributed by atoms with Crippen molar-refractivity contribution in [3.05, 3.63) is 35.4 Å². The Kier molecular flexibility index (Phi) is 10.6. The molecular weight excluding hydrogens is 349 g/mol. The van der Waals surface area contributed by atoms with Crippen LogP contribution in [0.25, 0.3) is 0 Å². The number of aryl methyl sites for hydroxylation is 1. The topological polar surface area (TPSA) is 36.4 Å². The van der Waals surface area contributed by atoms with E-state index in [0.29, 0.717) is 0 Å². The molecule has 0 heterocycles. The van der Waals surface area contributed by atoms with Gasteiger partial charge in [0.2, 0.25) is 0 Å². The largest absolute Gasteiger partial charge is 0.357 e. The number of nitrogens with one attached hydrogen (secondary N) is 2. The van der Waals surface area contributed by atoms with Crippen LogP contribution < -0.4 is 10.6 Å². The number of guanidine groups is 1. The van der Waals surface area contributed by atoms with Crippen molar-refractivity contribution in [2.75, 3.05) is 19.6 Å². The van der Waals surface area contributed by atoms with E-state index < -0.39 is 0 Å². The Morgan fingerprint density at radius 3 is 2.37 bits per heavy atom. The molecule has 0 bridgehead atoms. The molecule has 0 fully saturated rings. The minimum atomic E-state index is 0. The van der Waals surface area contributed by atoms with Crippen LogP contribution in [0.15, 0.2) is 29.3 Å². The van der Waals surface area contributed by atoms with Crippen LogP contribution in [-0.2, 0) is 6.42 Å². The van der Waals surface area contributed by atoms with Crippen LogP contribution in [-0.4, -0.2) is 25.6 Å². The molecule has 108 valence electrons. The number of rotatable bonds is 6. The van der Waals surface area contributed by atoms with Crippen LogP contribution in [0, 0.1) is 6.92 Å². The Morgan fingerprint density at radius 1 is 1.11 bits per heavy atom.